The Morgan fingerprint density at radius 1 is 0.949 bits per heavy atom. The number of aliphatic hydroxyl groups excluding tert-OH is 1. The molecule has 0 aliphatic rings. The molecule has 0 saturated carbocycles. The molecule has 2 heterocycles. The van der Waals surface area contributed by atoms with Crippen molar-refractivity contribution in [3.63, 3.8) is 0 Å². The molecule has 0 aliphatic heterocycles. The minimum Gasteiger partial charge on any atom is -0.497 e. The van der Waals surface area contributed by atoms with E-state index in [2.05, 4.69) is 37.5 Å². The summed E-state index contributed by atoms with van der Waals surface area (Å²) in [6, 6.07) is 21.9. The third-order valence-electron chi connectivity index (χ3n) is 6.37. The minimum atomic E-state index is -0.624. The smallest absolute Gasteiger partial charge is 0.329 e. The van der Waals surface area contributed by atoms with Crippen LogP contribution in [-0.4, -0.2) is 50.1 Å². The van der Waals surface area contributed by atoms with Crippen LogP contribution in [0.4, 0.5) is 0 Å². The van der Waals surface area contributed by atoms with Gasteiger partial charge < -0.3 is 29.7 Å². The lowest BCUT2D eigenvalue weighted by Gasteiger charge is -2.17. The predicted octanol–water partition coefficient (Wildman–Crippen LogP) is 4.76. The zero-order valence-electron chi connectivity index (χ0n) is 21.1. The molecular formula is C29H27IN4O5. The predicted molar refractivity (Wildman–Crippen MR) is 156 cm³/mol. The fourth-order valence-corrected chi connectivity index (χ4v) is 4.75. The number of methoxy groups -OCH3 is 1. The van der Waals surface area contributed by atoms with Gasteiger partial charge in [0.1, 0.15) is 35.7 Å². The molecule has 0 fully saturated rings. The number of ether oxygens (including phenoxy) is 2. The number of hydrogen-bond donors (Lipinski definition) is 4. The van der Waals surface area contributed by atoms with Crippen LogP contribution in [0, 0.1) is 3.57 Å². The number of hydrogen-bond acceptors (Lipinski definition) is 6. The normalized spacial score (nSPS) is 11.9. The Labute approximate surface area is 238 Å². The van der Waals surface area contributed by atoms with Crippen LogP contribution in [0.25, 0.3) is 22.5 Å². The number of benzene rings is 3. The van der Waals surface area contributed by atoms with Crippen LogP contribution in [-0.2, 0) is 6.42 Å². The standard InChI is InChI=1S/C29H27IN4O5/c1-38-22-10-2-18(3-11-22)16-25(27-31-17-24(32-27)19-4-8-21(30)9-5-19)34-28(36)26(33-29(34)37)20-6-12-23(13-7-20)39-15-14-35/h2-13,17,25,35-36H,14-16H2,1H3,(H,31,32)(H,33,37)/t25-/m1/s1. The van der Waals surface area contributed by atoms with Crippen LogP contribution in [0.5, 0.6) is 17.4 Å². The van der Waals surface area contributed by atoms with Crippen molar-refractivity contribution in [3.8, 4) is 39.9 Å². The number of halogens is 1. The molecular weight excluding hydrogens is 611 g/mol. The molecule has 200 valence electrons. The third kappa shape index (κ3) is 5.86. The first-order valence-electron chi connectivity index (χ1n) is 12.3. The topological polar surface area (TPSA) is 125 Å². The van der Waals surface area contributed by atoms with E-state index >= 15 is 0 Å². The molecule has 3 aromatic carbocycles. The van der Waals surface area contributed by atoms with E-state index in [-0.39, 0.29) is 24.8 Å². The Morgan fingerprint density at radius 3 is 2.28 bits per heavy atom. The molecule has 39 heavy (non-hydrogen) atoms. The van der Waals surface area contributed by atoms with Gasteiger partial charge in [0.25, 0.3) is 0 Å². The maximum Gasteiger partial charge on any atom is 0.329 e. The summed E-state index contributed by atoms with van der Waals surface area (Å²) in [5, 5.41) is 20.3. The molecule has 0 radical (unpaired) electrons. The first-order valence-corrected chi connectivity index (χ1v) is 13.4. The van der Waals surface area contributed by atoms with Crippen LogP contribution in [0.15, 0.2) is 83.8 Å². The van der Waals surface area contributed by atoms with Crippen LogP contribution >= 0.6 is 22.6 Å². The Kier molecular flexibility index (Phi) is 8.03. The van der Waals surface area contributed by atoms with Gasteiger partial charge in [0.2, 0.25) is 5.88 Å². The number of aromatic hydroxyl groups is 1. The molecule has 0 saturated heterocycles. The lowest BCUT2D eigenvalue weighted by atomic mass is 10.0. The Balaban J connectivity index is 1.54. The van der Waals surface area contributed by atoms with Crippen molar-refractivity contribution < 1.29 is 19.7 Å². The summed E-state index contributed by atoms with van der Waals surface area (Å²) in [6.07, 6.45) is 2.13. The van der Waals surface area contributed by atoms with Crippen LogP contribution in [0.3, 0.4) is 0 Å². The number of aromatic amines is 2. The lowest BCUT2D eigenvalue weighted by Crippen LogP contribution is -2.25. The first kappa shape index (κ1) is 26.6. The summed E-state index contributed by atoms with van der Waals surface area (Å²) < 4.78 is 13.2. The van der Waals surface area contributed by atoms with Crippen LogP contribution in [0.1, 0.15) is 17.4 Å². The molecule has 5 rings (SSSR count). The molecule has 9 nitrogen and oxygen atoms in total. The molecule has 0 unspecified atom stereocenters. The van der Waals surface area contributed by atoms with Crippen molar-refractivity contribution in [3.05, 3.63) is 104 Å². The molecule has 0 bridgehead atoms. The number of imidazole rings is 2. The van der Waals surface area contributed by atoms with Gasteiger partial charge >= 0.3 is 5.69 Å². The number of nitrogens with one attached hydrogen (secondary N) is 2. The van der Waals surface area contributed by atoms with Gasteiger partial charge in [-0.1, -0.05) is 24.3 Å². The number of rotatable bonds is 10. The van der Waals surface area contributed by atoms with E-state index in [1.807, 2.05) is 48.5 Å². The van der Waals surface area contributed by atoms with E-state index in [1.165, 1.54) is 4.57 Å². The lowest BCUT2D eigenvalue weighted by molar-refractivity contribution is 0.201. The van der Waals surface area contributed by atoms with Gasteiger partial charge in [0.15, 0.2) is 0 Å². The van der Waals surface area contributed by atoms with E-state index in [1.54, 1.807) is 37.6 Å². The third-order valence-corrected chi connectivity index (χ3v) is 7.09. The maximum atomic E-state index is 13.3. The van der Waals surface area contributed by atoms with E-state index in [4.69, 9.17) is 14.6 Å². The van der Waals surface area contributed by atoms with Gasteiger partial charge in [-0.25, -0.2) is 9.78 Å². The summed E-state index contributed by atoms with van der Waals surface area (Å²) in [6.45, 7) is 0.0879. The van der Waals surface area contributed by atoms with Crippen molar-refractivity contribution in [2.75, 3.05) is 20.3 Å². The Hall–Kier alpha value is -4.03. The fraction of sp³-hybridized carbons (Fsp3) is 0.172. The van der Waals surface area contributed by atoms with Gasteiger partial charge in [0.05, 0.1) is 25.6 Å². The summed E-state index contributed by atoms with van der Waals surface area (Å²) in [7, 11) is 1.61. The Morgan fingerprint density at radius 2 is 1.62 bits per heavy atom. The van der Waals surface area contributed by atoms with Crippen molar-refractivity contribution in [1.82, 2.24) is 19.5 Å². The van der Waals surface area contributed by atoms with Crippen molar-refractivity contribution in [2.24, 2.45) is 0 Å². The molecule has 5 aromatic rings. The van der Waals surface area contributed by atoms with Gasteiger partial charge in [-0.3, -0.25) is 4.57 Å². The average Bonchev–Trinajstić information content (AvgIpc) is 3.56. The van der Waals surface area contributed by atoms with E-state index < -0.39 is 11.7 Å². The summed E-state index contributed by atoms with van der Waals surface area (Å²) in [5.41, 5.74) is 3.15. The van der Waals surface area contributed by atoms with Gasteiger partial charge in [-0.05, 0) is 82.2 Å². The van der Waals surface area contributed by atoms with Gasteiger partial charge in [-0.2, -0.15) is 0 Å². The zero-order valence-corrected chi connectivity index (χ0v) is 23.3. The highest BCUT2D eigenvalue weighted by molar-refractivity contribution is 14.1. The van der Waals surface area contributed by atoms with Crippen molar-refractivity contribution in [2.45, 2.75) is 12.5 Å². The molecule has 10 heteroatoms. The summed E-state index contributed by atoms with van der Waals surface area (Å²) >= 11 is 2.26. The zero-order chi connectivity index (χ0) is 27.4. The van der Waals surface area contributed by atoms with E-state index in [0.29, 0.717) is 23.6 Å². The van der Waals surface area contributed by atoms with Crippen molar-refractivity contribution >= 4 is 22.6 Å². The largest absolute Gasteiger partial charge is 0.497 e. The van der Waals surface area contributed by atoms with Crippen LogP contribution < -0.4 is 15.2 Å². The first-order chi connectivity index (χ1) is 19.0. The monoisotopic (exact) mass is 638 g/mol. The highest BCUT2D eigenvalue weighted by Gasteiger charge is 2.26. The second-order valence-electron chi connectivity index (χ2n) is 8.85. The molecule has 2 aromatic heterocycles. The quantitative estimate of drug-likeness (QED) is 0.164. The highest BCUT2D eigenvalue weighted by atomic mass is 127. The summed E-state index contributed by atoms with van der Waals surface area (Å²) in [5.74, 6) is 1.64. The molecule has 0 amide bonds. The number of nitrogens with zero attached hydrogens (tertiary/aromatic N) is 2. The van der Waals surface area contributed by atoms with Crippen LogP contribution in [0.2, 0.25) is 0 Å². The number of aromatic nitrogens is 4. The minimum absolute atomic E-state index is 0.0909. The fourth-order valence-electron chi connectivity index (χ4n) is 4.39. The molecule has 4 N–H and O–H groups in total. The highest BCUT2D eigenvalue weighted by Crippen LogP contribution is 2.33. The SMILES string of the molecule is COc1ccc(C[C@H](c2ncc(-c3ccc(I)cc3)[nH]2)n2c(O)c(-c3ccc(OCCO)cc3)[nH]c2=O)cc1. The maximum absolute atomic E-state index is 13.3. The second-order valence-corrected chi connectivity index (χ2v) is 10.1. The Bertz CT molecular complexity index is 1590. The van der Waals surface area contributed by atoms with Gasteiger partial charge in [-0.15, -0.1) is 0 Å². The summed E-state index contributed by atoms with van der Waals surface area (Å²) in [4.78, 5) is 24.1. The number of aliphatic hydroxyl groups is 1. The molecule has 0 aliphatic carbocycles. The van der Waals surface area contributed by atoms with Crippen molar-refractivity contribution in [1.29, 1.82) is 0 Å². The second kappa shape index (κ2) is 11.8. The van der Waals surface area contributed by atoms with E-state index in [0.717, 1.165) is 26.1 Å². The van der Waals surface area contributed by atoms with Gasteiger partial charge in [0, 0.05) is 15.6 Å². The molecule has 0 spiro atoms. The van der Waals surface area contributed by atoms with E-state index in [9.17, 15) is 9.90 Å². The molecule has 1 atom stereocenters. The number of H-pyrrole nitrogens is 2. The average molecular weight is 638 g/mol.